The smallest absolute Gasteiger partial charge is 0.0928 e. The van der Waals surface area contributed by atoms with Crippen LogP contribution in [-0.4, -0.2) is 55.7 Å². The summed E-state index contributed by atoms with van der Waals surface area (Å²) in [7, 11) is 4.79. The summed E-state index contributed by atoms with van der Waals surface area (Å²) in [5.74, 6) is 0. The Balaban J connectivity index is 3.13. The average molecular weight is 190 g/mol. The highest BCUT2D eigenvalue weighted by Crippen LogP contribution is 1.85. The van der Waals surface area contributed by atoms with E-state index in [1.54, 1.807) is 5.67 Å². The SMILES string of the molecule is CCN(C)[SiH2]C[SiH2]N(C)CC. The van der Waals surface area contributed by atoms with Gasteiger partial charge in [0.05, 0.1) is 19.4 Å². The van der Waals surface area contributed by atoms with Gasteiger partial charge in [0.15, 0.2) is 0 Å². The Morgan fingerprint density at radius 3 is 1.55 bits per heavy atom. The maximum atomic E-state index is 2.52. The molecule has 0 aliphatic carbocycles. The van der Waals surface area contributed by atoms with Gasteiger partial charge in [0.1, 0.15) is 0 Å². The van der Waals surface area contributed by atoms with E-state index in [1.807, 2.05) is 0 Å². The van der Waals surface area contributed by atoms with Gasteiger partial charge in [-0.3, -0.25) is 0 Å². The van der Waals surface area contributed by atoms with Crippen LogP contribution in [-0.2, 0) is 0 Å². The van der Waals surface area contributed by atoms with E-state index in [9.17, 15) is 0 Å². The van der Waals surface area contributed by atoms with Crippen molar-refractivity contribution < 1.29 is 0 Å². The normalized spacial score (nSPS) is 13.6. The van der Waals surface area contributed by atoms with Gasteiger partial charge in [-0.25, -0.2) is 0 Å². The van der Waals surface area contributed by atoms with Gasteiger partial charge in [-0.2, -0.15) is 0 Å². The van der Waals surface area contributed by atoms with Gasteiger partial charge in [-0.05, 0) is 32.9 Å². The molecule has 0 amide bonds. The van der Waals surface area contributed by atoms with Gasteiger partial charge in [0.2, 0.25) is 0 Å². The van der Waals surface area contributed by atoms with E-state index in [4.69, 9.17) is 0 Å². The molecule has 0 aliphatic heterocycles. The molecule has 0 fully saturated rings. The predicted molar refractivity (Wildman–Crippen MR) is 58.5 cm³/mol. The van der Waals surface area contributed by atoms with Gasteiger partial charge in [0, 0.05) is 0 Å². The molecular formula is C7H22N2Si2. The molecule has 0 aromatic carbocycles. The molecule has 0 radical (unpaired) electrons. The molecular weight excluding hydrogens is 168 g/mol. The van der Waals surface area contributed by atoms with Gasteiger partial charge in [0.25, 0.3) is 0 Å². The minimum atomic E-state index is 0.137. The van der Waals surface area contributed by atoms with Crippen LogP contribution in [0.25, 0.3) is 0 Å². The first-order valence-electron chi connectivity index (χ1n) is 4.57. The van der Waals surface area contributed by atoms with Crippen LogP contribution in [0.2, 0.25) is 5.67 Å². The van der Waals surface area contributed by atoms with E-state index >= 15 is 0 Å². The fraction of sp³-hybridized carbons (Fsp3) is 1.00. The van der Waals surface area contributed by atoms with Crippen LogP contribution in [0.3, 0.4) is 0 Å². The van der Waals surface area contributed by atoms with E-state index in [-0.39, 0.29) is 19.4 Å². The molecule has 0 aliphatic rings. The quantitative estimate of drug-likeness (QED) is 0.518. The van der Waals surface area contributed by atoms with Crippen LogP contribution >= 0.6 is 0 Å². The first-order valence-corrected chi connectivity index (χ1v) is 7.84. The topological polar surface area (TPSA) is 6.48 Å². The number of rotatable bonds is 6. The lowest BCUT2D eigenvalue weighted by molar-refractivity contribution is 0.556. The minimum absolute atomic E-state index is 0.137. The Morgan fingerprint density at radius 1 is 0.909 bits per heavy atom. The summed E-state index contributed by atoms with van der Waals surface area (Å²) in [6.07, 6.45) is 0. The van der Waals surface area contributed by atoms with Crippen molar-refractivity contribution in [3.8, 4) is 0 Å². The molecule has 0 saturated carbocycles. The molecule has 4 heteroatoms. The van der Waals surface area contributed by atoms with Crippen molar-refractivity contribution in [1.82, 2.24) is 9.13 Å². The molecule has 0 rings (SSSR count). The second kappa shape index (κ2) is 7.03. The predicted octanol–water partition coefficient (Wildman–Crippen LogP) is -0.567. The lowest BCUT2D eigenvalue weighted by Gasteiger charge is -2.16. The van der Waals surface area contributed by atoms with Gasteiger partial charge >= 0.3 is 0 Å². The third-order valence-electron chi connectivity index (χ3n) is 2.16. The van der Waals surface area contributed by atoms with E-state index in [2.05, 4.69) is 37.1 Å². The zero-order chi connectivity index (χ0) is 8.69. The Morgan fingerprint density at radius 2 is 1.27 bits per heavy atom. The molecule has 0 aromatic heterocycles. The monoisotopic (exact) mass is 190 g/mol. The summed E-state index contributed by atoms with van der Waals surface area (Å²) in [4.78, 5) is 0. The molecule has 0 spiro atoms. The molecule has 0 atom stereocenters. The molecule has 0 unspecified atom stereocenters. The van der Waals surface area contributed by atoms with Crippen molar-refractivity contribution >= 4 is 19.4 Å². The molecule has 68 valence electrons. The van der Waals surface area contributed by atoms with Gasteiger partial charge < -0.3 is 9.13 Å². The van der Waals surface area contributed by atoms with Crippen molar-refractivity contribution in [3.05, 3.63) is 0 Å². The Labute approximate surface area is 75.8 Å². The number of nitrogens with zero attached hydrogens (tertiary/aromatic N) is 2. The Hall–Kier alpha value is 0.354. The molecule has 0 aromatic rings. The Bertz CT molecular complexity index is 80.5. The maximum Gasteiger partial charge on any atom is 0.0928 e. The summed E-state index contributed by atoms with van der Waals surface area (Å²) in [5.41, 5.74) is 1.56. The summed E-state index contributed by atoms with van der Waals surface area (Å²) in [5, 5.41) is 0. The molecule has 0 saturated heterocycles. The zero-order valence-electron chi connectivity index (χ0n) is 8.43. The van der Waals surface area contributed by atoms with E-state index < -0.39 is 0 Å². The summed E-state index contributed by atoms with van der Waals surface area (Å²) in [6, 6.07) is 0. The zero-order valence-corrected chi connectivity index (χ0v) is 11.3. The second-order valence-electron chi connectivity index (χ2n) is 3.15. The van der Waals surface area contributed by atoms with E-state index in [1.165, 1.54) is 13.1 Å². The molecule has 11 heavy (non-hydrogen) atoms. The summed E-state index contributed by atoms with van der Waals surface area (Å²) < 4.78 is 5.05. The molecule has 0 heterocycles. The summed E-state index contributed by atoms with van der Waals surface area (Å²) in [6.45, 7) is 6.99. The first-order chi connectivity index (χ1) is 5.20. The first kappa shape index (κ1) is 11.4. The lowest BCUT2D eigenvalue weighted by Crippen LogP contribution is -2.29. The minimum Gasteiger partial charge on any atom is -0.332 e. The van der Waals surface area contributed by atoms with Crippen LogP contribution in [0.15, 0.2) is 0 Å². The van der Waals surface area contributed by atoms with Crippen LogP contribution in [0, 0.1) is 0 Å². The fourth-order valence-electron chi connectivity index (χ4n) is 0.927. The molecule has 2 nitrogen and oxygen atoms in total. The van der Waals surface area contributed by atoms with Crippen molar-refractivity contribution in [2.24, 2.45) is 0 Å². The highest BCUT2D eigenvalue weighted by atomic mass is 28.3. The van der Waals surface area contributed by atoms with E-state index in [0.29, 0.717) is 0 Å². The van der Waals surface area contributed by atoms with Crippen LogP contribution in [0.4, 0.5) is 0 Å². The average Bonchev–Trinajstić information content (AvgIpc) is 2.04. The summed E-state index contributed by atoms with van der Waals surface area (Å²) >= 11 is 0. The lowest BCUT2D eigenvalue weighted by atomic mass is 10.8. The van der Waals surface area contributed by atoms with Gasteiger partial charge in [-0.1, -0.05) is 13.8 Å². The van der Waals surface area contributed by atoms with Crippen molar-refractivity contribution in [2.75, 3.05) is 27.2 Å². The fourth-order valence-corrected chi connectivity index (χ4v) is 6.44. The Kier molecular flexibility index (Phi) is 7.25. The highest BCUT2D eigenvalue weighted by Gasteiger charge is 1.98. The third-order valence-corrected chi connectivity index (χ3v) is 7.11. The van der Waals surface area contributed by atoms with Crippen LogP contribution in [0.1, 0.15) is 13.8 Å². The van der Waals surface area contributed by atoms with Crippen LogP contribution in [0.5, 0.6) is 0 Å². The largest absolute Gasteiger partial charge is 0.332 e. The van der Waals surface area contributed by atoms with Crippen LogP contribution < -0.4 is 0 Å². The molecule has 0 bridgehead atoms. The van der Waals surface area contributed by atoms with E-state index in [0.717, 1.165) is 0 Å². The number of hydrogen-bond acceptors (Lipinski definition) is 2. The maximum absolute atomic E-state index is 2.52. The van der Waals surface area contributed by atoms with Gasteiger partial charge in [-0.15, -0.1) is 0 Å². The van der Waals surface area contributed by atoms with Crippen molar-refractivity contribution in [2.45, 2.75) is 19.5 Å². The second-order valence-corrected chi connectivity index (χ2v) is 9.03. The van der Waals surface area contributed by atoms with Crippen molar-refractivity contribution in [3.63, 3.8) is 0 Å². The van der Waals surface area contributed by atoms with Crippen molar-refractivity contribution in [1.29, 1.82) is 0 Å². The standard InChI is InChI=1S/C7H22N2Si2/c1-5-8(3)10-7-11-9(4)6-2/h5-7,10-11H2,1-4H3. The number of hydrogen-bond donors (Lipinski definition) is 0. The molecule has 0 N–H and O–H groups in total. The highest BCUT2D eigenvalue weighted by molar-refractivity contribution is 6.52. The third kappa shape index (κ3) is 6.74.